The van der Waals surface area contributed by atoms with Crippen LogP contribution in [-0.2, 0) is 0 Å². The van der Waals surface area contributed by atoms with E-state index in [9.17, 15) is 5.11 Å². The summed E-state index contributed by atoms with van der Waals surface area (Å²) in [5.41, 5.74) is 9.62. The van der Waals surface area contributed by atoms with E-state index in [0.717, 1.165) is 23.1 Å². The predicted molar refractivity (Wildman–Crippen MR) is 122 cm³/mol. The molecule has 4 N–H and O–H groups in total. The van der Waals surface area contributed by atoms with Crippen LogP contribution in [0.2, 0.25) is 5.02 Å². The van der Waals surface area contributed by atoms with Crippen molar-refractivity contribution in [1.82, 2.24) is 9.97 Å². The first-order valence-corrected chi connectivity index (χ1v) is 10.3. The maximum Gasteiger partial charge on any atom is 0.165 e. The molecule has 5 nitrogen and oxygen atoms in total. The van der Waals surface area contributed by atoms with Gasteiger partial charge in [-0.25, -0.2) is 9.97 Å². The number of nitrogens with one attached hydrogen (secondary N) is 1. The van der Waals surface area contributed by atoms with E-state index >= 15 is 0 Å². The molecule has 3 aromatic rings. The van der Waals surface area contributed by atoms with E-state index in [2.05, 4.69) is 15.3 Å². The maximum atomic E-state index is 10.2. The van der Waals surface area contributed by atoms with E-state index in [1.807, 2.05) is 52.0 Å². The van der Waals surface area contributed by atoms with Gasteiger partial charge in [0.05, 0.1) is 5.56 Å². The van der Waals surface area contributed by atoms with Gasteiger partial charge in [0.15, 0.2) is 5.82 Å². The van der Waals surface area contributed by atoms with Gasteiger partial charge >= 0.3 is 0 Å². The van der Waals surface area contributed by atoms with Crippen molar-refractivity contribution >= 4 is 17.4 Å². The molecule has 1 unspecified atom stereocenters. The largest absolute Gasteiger partial charge is 0.507 e. The van der Waals surface area contributed by atoms with Crippen LogP contribution in [0.4, 0.5) is 5.82 Å². The molecule has 0 aliphatic heterocycles. The highest BCUT2D eigenvalue weighted by Crippen LogP contribution is 2.34. The summed E-state index contributed by atoms with van der Waals surface area (Å²) >= 11 is 6.08. The Bertz CT molecular complexity index is 946. The van der Waals surface area contributed by atoms with Gasteiger partial charge < -0.3 is 16.2 Å². The Balaban J connectivity index is 0.00000145. The van der Waals surface area contributed by atoms with Crippen LogP contribution in [0.5, 0.6) is 5.75 Å². The van der Waals surface area contributed by atoms with Crippen molar-refractivity contribution in [3.05, 3.63) is 59.2 Å². The van der Waals surface area contributed by atoms with Crippen LogP contribution in [0, 0.1) is 6.92 Å². The van der Waals surface area contributed by atoms with E-state index in [1.165, 1.54) is 6.07 Å². The molecular weight excluding hydrogens is 384 g/mol. The molecule has 1 aromatic heterocycles. The second kappa shape index (κ2) is 10.8. The predicted octanol–water partition coefficient (Wildman–Crippen LogP) is 5.65. The smallest absolute Gasteiger partial charge is 0.165 e. The lowest BCUT2D eigenvalue weighted by molar-refractivity contribution is 0.477. The Morgan fingerprint density at radius 3 is 2.52 bits per heavy atom. The minimum Gasteiger partial charge on any atom is -0.507 e. The van der Waals surface area contributed by atoms with Crippen LogP contribution in [0.25, 0.3) is 22.5 Å². The van der Waals surface area contributed by atoms with Crippen LogP contribution in [0.1, 0.15) is 32.8 Å². The number of aromatic hydroxyl groups is 1. The minimum absolute atomic E-state index is 0.0210. The highest BCUT2D eigenvalue weighted by atomic mass is 35.5. The number of phenolic OH excluding ortho intramolecular Hbond substituents is 1. The Morgan fingerprint density at radius 2 is 1.83 bits per heavy atom. The van der Waals surface area contributed by atoms with Crippen molar-refractivity contribution in [3.8, 4) is 28.3 Å². The number of aromatic nitrogens is 2. The molecule has 1 heterocycles. The zero-order chi connectivity index (χ0) is 21.4. The zero-order valence-electron chi connectivity index (χ0n) is 17.4. The number of hydrogen-bond donors (Lipinski definition) is 3. The molecule has 0 aliphatic carbocycles. The highest BCUT2D eigenvalue weighted by molar-refractivity contribution is 6.30. The molecule has 0 aliphatic rings. The lowest BCUT2D eigenvalue weighted by Gasteiger charge is -2.16. The number of rotatable bonds is 6. The van der Waals surface area contributed by atoms with Crippen molar-refractivity contribution in [3.63, 3.8) is 0 Å². The number of aryl methyl sites for hydroxylation is 1. The number of hydrogen-bond acceptors (Lipinski definition) is 5. The third kappa shape index (κ3) is 5.68. The molecular formula is C23H29ClN4O. The van der Waals surface area contributed by atoms with Gasteiger partial charge in [-0.15, -0.1) is 0 Å². The minimum atomic E-state index is 0.0210. The summed E-state index contributed by atoms with van der Waals surface area (Å²) in [6.45, 7) is 8.69. The molecule has 0 saturated carbocycles. The lowest BCUT2D eigenvalue weighted by Crippen LogP contribution is -2.28. The van der Waals surface area contributed by atoms with Gasteiger partial charge in [0.2, 0.25) is 0 Å². The molecule has 154 valence electrons. The second-order valence-corrected chi connectivity index (χ2v) is 6.92. The molecule has 0 saturated heterocycles. The third-order valence-corrected chi connectivity index (χ3v) is 4.71. The zero-order valence-corrected chi connectivity index (χ0v) is 18.2. The molecule has 0 radical (unpaired) electrons. The first-order chi connectivity index (χ1) is 14.0. The van der Waals surface area contributed by atoms with Gasteiger partial charge in [0.1, 0.15) is 11.6 Å². The molecule has 0 amide bonds. The summed E-state index contributed by atoms with van der Waals surface area (Å²) < 4.78 is 0. The molecule has 6 heteroatoms. The number of anilines is 1. The fourth-order valence-corrected chi connectivity index (χ4v) is 2.95. The summed E-state index contributed by atoms with van der Waals surface area (Å²) in [6.07, 6.45) is 2.63. The van der Waals surface area contributed by atoms with Crippen molar-refractivity contribution in [2.45, 2.75) is 40.2 Å². The van der Waals surface area contributed by atoms with E-state index < -0.39 is 0 Å². The van der Waals surface area contributed by atoms with Crippen molar-refractivity contribution in [2.75, 3.05) is 11.9 Å². The number of nitrogens with two attached hydrogens (primary N) is 1. The first kappa shape index (κ1) is 22.7. The van der Waals surface area contributed by atoms with Gasteiger partial charge in [0.25, 0.3) is 0 Å². The Labute approximate surface area is 178 Å². The van der Waals surface area contributed by atoms with E-state index in [4.69, 9.17) is 17.3 Å². The van der Waals surface area contributed by atoms with Gasteiger partial charge in [0, 0.05) is 29.4 Å². The Kier molecular flexibility index (Phi) is 8.43. The number of halogens is 1. The maximum absolute atomic E-state index is 10.2. The van der Waals surface area contributed by atoms with Gasteiger partial charge in [-0.05, 0) is 42.7 Å². The summed E-state index contributed by atoms with van der Waals surface area (Å²) in [7, 11) is 0. The average Bonchev–Trinajstić information content (AvgIpc) is 2.75. The molecule has 0 spiro atoms. The molecule has 0 fully saturated rings. The van der Waals surface area contributed by atoms with Gasteiger partial charge in [-0.2, -0.15) is 0 Å². The average molecular weight is 413 g/mol. The molecule has 0 bridgehead atoms. The molecule has 2 aromatic carbocycles. The van der Waals surface area contributed by atoms with Crippen LogP contribution in [0.15, 0.2) is 48.7 Å². The van der Waals surface area contributed by atoms with E-state index in [1.54, 1.807) is 18.3 Å². The molecule has 1 atom stereocenters. The van der Waals surface area contributed by atoms with Crippen LogP contribution in [0.3, 0.4) is 0 Å². The van der Waals surface area contributed by atoms with E-state index in [0.29, 0.717) is 28.8 Å². The summed E-state index contributed by atoms with van der Waals surface area (Å²) in [5, 5.41) is 14.0. The second-order valence-electron chi connectivity index (χ2n) is 6.48. The fourth-order valence-electron chi connectivity index (χ4n) is 2.78. The standard InChI is InChI=1S/C21H23ClN4O.C2H6/c1-3-15(23)11-24-21-18(16-7-5-4-6-13(16)2)12-25-20(26-21)17-10-14(22)8-9-19(17)27;1-2/h4-10,12,15,27H,3,11,23H2,1-2H3,(H,24,25,26);1-2H3. The monoisotopic (exact) mass is 412 g/mol. The molecule has 3 rings (SSSR count). The highest BCUT2D eigenvalue weighted by Gasteiger charge is 2.15. The lowest BCUT2D eigenvalue weighted by atomic mass is 10.0. The normalized spacial score (nSPS) is 11.4. The van der Waals surface area contributed by atoms with E-state index in [-0.39, 0.29) is 11.8 Å². The SMILES string of the molecule is CC.CCC(N)CNc1nc(-c2cc(Cl)ccc2O)ncc1-c1ccccc1C. The number of nitrogens with zero attached hydrogens (tertiary/aromatic N) is 2. The fraction of sp³-hybridized carbons (Fsp3) is 0.304. The van der Waals surface area contributed by atoms with Crippen LogP contribution < -0.4 is 11.1 Å². The number of phenols is 1. The summed E-state index contributed by atoms with van der Waals surface area (Å²) in [6, 6.07) is 12.9. The topological polar surface area (TPSA) is 84.1 Å². The number of benzene rings is 2. The Hall–Kier alpha value is -2.63. The van der Waals surface area contributed by atoms with Crippen molar-refractivity contribution in [2.24, 2.45) is 5.73 Å². The van der Waals surface area contributed by atoms with Crippen molar-refractivity contribution in [1.29, 1.82) is 0 Å². The van der Waals surface area contributed by atoms with Crippen LogP contribution >= 0.6 is 11.6 Å². The van der Waals surface area contributed by atoms with Gasteiger partial charge in [-0.1, -0.05) is 56.6 Å². The summed E-state index contributed by atoms with van der Waals surface area (Å²) in [5.74, 6) is 1.16. The first-order valence-electron chi connectivity index (χ1n) is 9.91. The quantitative estimate of drug-likeness (QED) is 0.486. The third-order valence-electron chi connectivity index (χ3n) is 4.48. The Morgan fingerprint density at radius 1 is 1.10 bits per heavy atom. The molecule has 29 heavy (non-hydrogen) atoms. The van der Waals surface area contributed by atoms with Crippen molar-refractivity contribution < 1.29 is 5.11 Å². The van der Waals surface area contributed by atoms with Gasteiger partial charge in [-0.3, -0.25) is 0 Å². The summed E-state index contributed by atoms with van der Waals surface area (Å²) in [4.78, 5) is 9.15. The van der Waals surface area contributed by atoms with Crippen LogP contribution in [-0.4, -0.2) is 27.7 Å².